The van der Waals surface area contributed by atoms with Crippen LogP contribution in [-0.4, -0.2) is 50.3 Å². The van der Waals surface area contributed by atoms with Crippen molar-refractivity contribution in [1.82, 2.24) is 4.90 Å². The van der Waals surface area contributed by atoms with Crippen LogP contribution in [0.25, 0.3) is 0 Å². The number of hydrogen-bond acceptors (Lipinski definition) is 3. The fourth-order valence-corrected chi connectivity index (χ4v) is 4.73. The van der Waals surface area contributed by atoms with Crippen molar-refractivity contribution in [2.75, 3.05) is 37.4 Å². The number of likely N-dealkylation sites (tertiary alicyclic amines) is 1. The molecule has 6 heteroatoms. The van der Waals surface area contributed by atoms with Gasteiger partial charge in [0.25, 0.3) is 0 Å². The molecule has 4 atom stereocenters. The molecule has 1 N–H and O–H groups in total. The first kappa shape index (κ1) is 15.1. The maximum Gasteiger partial charge on any atom is 0.321 e. The highest BCUT2D eigenvalue weighted by Crippen LogP contribution is 2.47. The number of nitrogens with one attached hydrogen (secondary N) is 1. The van der Waals surface area contributed by atoms with Gasteiger partial charge in [-0.25, -0.2) is 4.79 Å². The van der Waals surface area contributed by atoms with Gasteiger partial charge in [0.2, 0.25) is 0 Å². The number of ether oxygens (including phenoxy) is 1. The summed E-state index contributed by atoms with van der Waals surface area (Å²) in [5, 5.41) is 3.67. The summed E-state index contributed by atoms with van der Waals surface area (Å²) in [7, 11) is 3.85. The fourth-order valence-electron chi connectivity index (χ4n) is 4.39. The molecule has 2 amide bonds. The lowest BCUT2D eigenvalue weighted by Gasteiger charge is -2.23. The maximum absolute atomic E-state index is 12.7. The van der Waals surface area contributed by atoms with Gasteiger partial charge in [0.15, 0.2) is 0 Å². The van der Waals surface area contributed by atoms with Crippen molar-refractivity contribution in [2.45, 2.75) is 25.0 Å². The summed E-state index contributed by atoms with van der Waals surface area (Å²) in [6, 6.07) is 5.55. The van der Waals surface area contributed by atoms with Gasteiger partial charge in [-0.15, -0.1) is 0 Å². The van der Waals surface area contributed by atoms with E-state index < -0.39 is 0 Å². The topological polar surface area (TPSA) is 44.8 Å². The minimum atomic E-state index is -0.0378. The average Bonchev–Trinajstić information content (AvgIpc) is 3.19. The Kier molecular flexibility index (Phi) is 3.65. The van der Waals surface area contributed by atoms with E-state index in [4.69, 9.17) is 16.3 Å². The number of halogens is 1. The molecule has 5 nitrogen and oxygen atoms in total. The van der Waals surface area contributed by atoms with Crippen LogP contribution in [0.4, 0.5) is 16.2 Å². The molecule has 124 valence electrons. The summed E-state index contributed by atoms with van der Waals surface area (Å²) in [6.07, 6.45) is 3.04. The summed E-state index contributed by atoms with van der Waals surface area (Å²) >= 11 is 6.27. The SMILES string of the molecule is CN(C)c1c(Cl)cccc1NC(=O)N1C[C@@H]2[C@H](C1)[C@H]1CC[C@H]2O1. The number of rotatable bonds is 2. The Morgan fingerprint density at radius 2 is 1.91 bits per heavy atom. The molecule has 3 aliphatic rings. The molecular formula is C17H22ClN3O2. The molecule has 0 saturated carbocycles. The van der Waals surface area contributed by atoms with Crippen LogP contribution in [-0.2, 0) is 4.74 Å². The summed E-state index contributed by atoms with van der Waals surface area (Å²) in [5.74, 6) is 1.04. The molecule has 0 aliphatic carbocycles. The van der Waals surface area contributed by atoms with Crippen LogP contribution in [0.15, 0.2) is 18.2 Å². The lowest BCUT2D eigenvalue weighted by Crippen LogP contribution is -2.35. The summed E-state index contributed by atoms with van der Waals surface area (Å²) < 4.78 is 5.97. The number of para-hydroxylation sites is 1. The number of amides is 2. The van der Waals surface area contributed by atoms with E-state index in [1.165, 1.54) is 0 Å². The smallest absolute Gasteiger partial charge is 0.321 e. The fraction of sp³-hybridized carbons (Fsp3) is 0.588. The molecule has 0 spiro atoms. The van der Waals surface area contributed by atoms with Gasteiger partial charge in [-0.2, -0.15) is 0 Å². The highest BCUT2D eigenvalue weighted by atomic mass is 35.5. The Hall–Kier alpha value is -1.46. The molecule has 3 heterocycles. The summed E-state index contributed by atoms with van der Waals surface area (Å²) in [4.78, 5) is 16.5. The lowest BCUT2D eigenvalue weighted by molar-refractivity contribution is 0.0747. The highest BCUT2D eigenvalue weighted by Gasteiger charge is 2.53. The molecule has 4 rings (SSSR count). The Balaban J connectivity index is 1.48. The summed E-state index contributed by atoms with van der Waals surface area (Å²) in [5.41, 5.74) is 1.59. The number of hydrogen-bond donors (Lipinski definition) is 1. The molecule has 1 aromatic rings. The van der Waals surface area contributed by atoms with Gasteiger partial charge in [-0.05, 0) is 25.0 Å². The van der Waals surface area contributed by atoms with Gasteiger partial charge in [0.1, 0.15) is 0 Å². The van der Waals surface area contributed by atoms with Gasteiger partial charge in [-0.1, -0.05) is 17.7 Å². The largest absolute Gasteiger partial charge is 0.375 e. The van der Waals surface area contributed by atoms with E-state index in [0.29, 0.717) is 29.1 Å². The van der Waals surface area contributed by atoms with E-state index in [1.54, 1.807) is 0 Å². The number of benzene rings is 1. The number of nitrogens with zero attached hydrogens (tertiary/aromatic N) is 2. The Morgan fingerprint density at radius 3 is 2.52 bits per heavy atom. The normalized spacial score (nSPS) is 31.3. The van der Waals surface area contributed by atoms with Crippen LogP contribution in [0.1, 0.15) is 12.8 Å². The van der Waals surface area contributed by atoms with Gasteiger partial charge < -0.3 is 19.9 Å². The Labute approximate surface area is 141 Å². The molecular weight excluding hydrogens is 314 g/mol. The third-order valence-electron chi connectivity index (χ3n) is 5.42. The molecule has 1 aromatic carbocycles. The van der Waals surface area contributed by atoms with E-state index in [1.807, 2.05) is 42.1 Å². The zero-order chi connectivity index (χ0) is 16.1. The standard InChI is InChI=1S/C17H22ClN3O2/c1-20(2)16-12(18)4-3-5-13(16)19-17(22)21-8-10-11(9-21)15-7-6-14(10)23-15/h3-5,10-11,14-15H,6-9H2,1-2H3,(H,19,22)/t10-,11+,14-,15-/m1/s1. The van der Waals surface area contributed by atoms with Gasteiger partial charge in [0, 0.05) is 39.0 Å². The predicted molar refractivity (Wildman–Crippen MR) is 91.2 cm³/mol. The molecule has 3 aliphatic heterocycles. The highest BCUT2D eigenvalue weighted by molar-refractivity contribution is 6.34. The van der Waals surface area contributed by atoms with Gasteiger partial charge in [-0.3, -0.25) is 0 Å². The van der Waals surface area contributed by atoms with Crippen LogP contribution in [0, 0.1) is 11.8 Å². The molecule has 3 fully saturated rings. The molecule has 0 aromatic heterocycles. The van der Waals surface area contributed by atoms with E-state index in [0.717, 1.165) is 37.3 Å². The van der Waals surface area contributed by atoms with Crippen LogP contribution in [0.2, 0.25) is 5.02 Å². The van der Waals surface area contributed by atoms with Crippen molar-refractivity contribution in [3.63, 3.8) is 0 Å². The third-order valence-corrected chi connectivity index (χ3v) is 5.72. The zero-order valence-corrected chi connectivity index (χ0v) is 14.2. The average molecular weight is 336 g/mol. The van der Waals surface area contributed by atoms with Crippen molar-refractivity contribution in [3.05, 3.63) is 23.2 Å². The minimum Gasteiger partial charge on any atom is -0.375 e. The zero-order valence-electron chi connectivity index (χ0n) is 13.5. The van der Waals surface area contributed by atoms with Crippen LogP contribution in [0.3, 0.4) is 0 Å². The predicted octanol–water partition coefficient (Wildman–Crippen LogP) is 3.05. The van der Waals surface area contributed by atoms with Gasteiger partial charge in [0.05, 0.1) is 28.6 Å². The van der Waals surface area contributed by atoms with E-state index in [-0.39, 0.29) is 6.03 Å². The van der Waals surface area contributed by atoms with E-state index >= 15 is 0 Å². The second-order valence-electron chi connectivity index (χ2n) is 6.98. The van der Waals surface area contributed by atoms with Gasteiger partial charge >= 0.3 is 6.03 Å². The number of fused-ring (bicyclic) bond motifs is 5. The first-order chi connectivity index (χ1) is 11.0. The Bertz CT molecular complexity index is 618. The maximum atomic E-state index is 12.7. The van der Waals surface area contributed by atoms with E-state index in [2.05, 4.69) is 5.32 Å². The van der Waals surface area contributed by atoms with Crippen LogP contribution < -0.4 is 10.2 Å². The summed E-state index contributed by atoms with van der Waals surface area (Å²) in [6.45, 7) is 1.60. The number of anilines is 2. The van der Waals surface area contributed by atoms with Crippen molar-refractivity contribution in [1.29, 1.82) is 0 Å². The molecule has 0 radical (unpaired) electrons. The minimum absolute atomic E-state index is 0.0378. The Morgan fingerprint density at radius 1 is 1.26 bits per heavy atom. The lowest BCUT2D eigenvalue weighted by atomic mass is 9.82. The number of carbonyl (C=O) groups is 1. The molecule has 0 unspecified atom stereocenters. The van der Waals surface area contributed by atoms with Crippen molar-refractivity contribution in [3.8, 4) is 0 Å². The monoisotopic (exact) mass is 335 g/mol. The second kappa shape index (κ2) is 5.56. The first-order valence-corrected chi connectivity index (χ1v) is 8.59. The number of urea groups is 1. The first-order valence-electron chi connectivity index (χ1n) is 8.22. The van der Waals surface area contributed by atoms with Crippen molar-refractivity contribution in [2.24, 2.45) is 11.8 Å². The number of carbonyl (C=O) groups excluding carboxylic acids is 1. The van der Waals surface area contributed by atoms with Crippen molar-refractivity contribution >= 4 is 29.0 Å². The van der Waals surface area contributed by atoms with Crippen molar-refractivity contribution < 1.29 is 9.53 Å². The second-order valence-corrected chi connectivity index (χ2v) is 7.39. The van der Waals surface area contributed by atoms with E-state index in [9.17, 15) is 4.79 Å². The van der Waals surface area contributed by atoms with Crippen LogP contribution in [0.5, 0.6) is 0 Å². The van der Waals surface area contributed by atoms with Crippen LogP contribution >= 0.6 is 11.6 Å². The molecule has 2 bridgehead atoms. The molecule has 3 saturated heterocycles. The third kappa shape index (κ3) is 2.46. The molecule has 23 heavy (non-hydrogen) atoms. The quantitative estimate of drug-likeness (QED) is 0.903.